The standard InChI is InChI=1S/C13H22N4O/c1-3-12-10-18-6-5-17(12)13-9-15-8-11(16-13)7-14-4-2/h8-9,12,14H,3-7,10H2,1-2H3. The summed E-state index contributed by atoms with van der Waals surface area (Å²) < 4.78 is 5.52. The minimum Gasteiger partial charge on any atom is -0.377 e. The van der Waals surface area contributed by atoms with Crippen molar-refractivity contribution >= 4 is 5.82 Å². The Hall–Kier alpha value is -1.20. The highest BCUT2D eigenvalue weighted by Crippen LogP contribution is 2.18. The Bertz CT molecular complexity index is 372. The molecule has 1 aliphatic heterocycles. The third kappa shape index (κ3) is 3.17. The molecule has 0 radical (unpaired) electrons. The Morgan fingerprint density at radius 2 is 2.33 bits per heavy atom. The van der Waals surface area contributed by atoms with Crippen LogP contribution in [-0.4, -0.2) is 42.3 Å². The molecule has 5 nitrogen and oxygen atoms in total. The summed E-state index contributed by atoms with van der Waals surface area (Å²) in [4.78, 5) is 11.3. The summed E-state index contributed by atoms with van der Waals surface area (Å²) in [6.45, 7) is 8.46. The zero-order valence-electron chi connectivity index (χ0n) is 11.2. The molecule has 0 saturated carbocycles. The van der Waals surface area contributed by atoms with Gasteiger partial charge in [-0.1, -0.05) is 13.8 Å². The van der Waals surface area contributed by atoms with Gasteiger partial charge in [-0.25, -0.2) is 4.98 Å². The number of morpholine rings is 1. The smallest absolute Gasteiger partial charge is 0.147 e. The third-order valence-electron chi connectivity index (χ3n) is 3.22. The number of nitrogens with one attached hydrogen (secondary N) is 1. The number of hydrogen-bond donors (Lipinski definition) is 1. The molecule has 1 aromatic rings. The molecule has 2 rings (SSSR count). The van der Waals surface area contributed by atoms with Gasteiger partial charge in [0, 0.05) is 19.3 Å². The molecule has 0 bridgehead atoms. The molecule has 1 fully saturated rings. The van der Waals surface area contributed by atoms with Gasteiger partial charge in [-0.15, -0.1) is 0 Å². The number of aromatic nitrogens is 2. The van der Waals surface area contributed by atoms with Crippen LogP contribution in [-0.2, 0) is 11.3 Å². The second-order valence-corrected chi connectivity index (χ2v) is 4.48. The molecule has 18 heavy (non-hydrogen) atoms. The summed E-state index contributed by atoms with van der Waals surface area (Å²) >= 11 is 0. The zero-order valence-corrected chi connectivity index (χ0v) is 11.2. The minimum atomic E-state index is 0.419. The average molecular weight is 250 g/mol. The maximum atomic E-state index is 5.52. The van der Waals surface area contributed by atoms with Gasteiger partial charge in [0.05, 0.1) is 31.1 Å². The van der Waals surface area contributed by atoms with Crippen LogP contribution in [0.1, 0.15) is 26.0 Å². The van der Waals surface area contributed by atoms with E-state index in [2.05, 4.69) is 34.0 Å². The van der Waals surface area contributed by atoms with Gasteiger partial charge in [-0.2, -0.15) is 0 Å². The van der Waals surface area contributed by atoms with Crippen molar-refractivity contribution in [2.24, 2.45) is 0 Å². The van der Waals surface area contributed by atoms with E-state index in [1.54, 1.807) is 0 Å². The fraction of sp³-hybridized carbons (Fsp3) is 0.692. The zero-order chi connectivity index (χ0) is 12.8. The van der Waals surface area contributed by atoms with Crippen molar-refractivity contribution < 1.29 is 4.74 Å². The quantitative estimate of drug-likeness (QED) is 0.851. The summed E-state index contributed by atoms with van der Waals surface area (Å²) in [5.74, 6) is 0.973. The van der Waals surface area contributed by atoms with Gasteiger partial charge in [0.25, 0.3) is 0 Å². The number of nitrogens with zero attached hydrogens (tertiary/aromatic N) is 3. The maximum Gasteiger partial charge on any atom is 0.147 e. The van der Waals surface area contributed by atoms with Crippen molar-refractivity contribution in [1.82, 2.24) is 15.3 Å². The van der Waals surface area contributed by atoms with E-state index >= 15 is 0 Å². The molecule has 1 aliphatic rings. The van der Waals surface area contributed by atoms with Gasteiger partial charge in [-0.3, -0.25) is 4.98 Å². The van der Waals surface area contributed by atoms with Crippen LogP contribution >= 0.6 is 0 Å². The van der Waals surface area contributed by atoms with Crippen LogP contribution in [0.25, 0.3) is 0 Å². The molecule has 1 saturated heterocycles. The Balaban J connectivity index is 2.10. The fourth-order valence-corrected chi connectivity index (χ4v) is 2.17. The molecule has 1 N–H and O–H groups in total. The number of anilines is 1. The summed E-state index contributed by atoms with van der Waals surface area (Å²) in [5, 5.41) is 3.27. The highest BCUT2D eigenvalue weighted by Gasteiger charge is 2.22. The normalized spacial score (nSPS) is 20.1. The molecule has 0 amide bonds. The van der Waals surface area contributed by atoms with Crippen LogP contribution in [0, 0.1) is 0 Å². The Labute approximate surface area is 109 Å². The van der Waals surface area contributed by atoms with Gasteiger partial charge in [-0.05, 0) is 13.0 Å². The van der Waals surface area contributed by atoms with E-state index in [0.29, 0.717) is 6.04 Å². The van der Waals surface area contributed by atoms with E-state index < -0.39 is 0 Å². The predicted molar refractivity (Wildman–Crippen MR) is 71.7 cm³/mol. The lowest BCUT2D eigenvalue weighted by Crippen LogP contribution is -2.45. The van der Waals surface area contributed by atoms with Crippen molar-refractivity contribution in [3.8, 4) is 0 Å². The van der Waals surface area contributed by atoms with Crippen LogP contribution in [0.3, 0.4) is 0 Å². The molecule has 0 aromatic carbocycles. The Morgan fingerprint density at radius 1 is 1.44 bits per heavy atom. The minimum absolute atomic E-state index is 0.419. The second kappa shape index (κ2) is 6.66. The molecule has 1 unspecified atom stereocenters. The van der Waals surface area contributed by atoms with Gasteiger partial charge < -0.3 is 15.0 Å². The second-order valence-electron chi connectivity index (χ2n) is 4.48. The summed E-state index contributed by atoms with van der Waals surface area (Å²) in [5.41, 5.74) is 0.996. The van der Waals surface area contributed by atoms with Gasteiger partial charge in [0.15, 0.2) is 0 Å². The number of hydrogen-bond acceptors (Lipinski definition) is 5. The van der Waals surface area contributed by atoms with Gasteiger partial charge in [0.2, 0.25) is 0 Å². The van der Waals surface area contributed by atoms with Crippen LogP contribution in [0.5, 0.6) is 0 Å². The molecular weight excluding hydrogens is 228 g/mol. The Kier molecular flexibility index (Phi) is 4.90. The van der Waals surface area contributed by atoms with Crippen molar-refractivity contribution in [2.75, 3.05) is 31.2 Å². The van der Waals surface area contributed by atoms with Crippen LogP contribution in [0.2, 0.25) is 0 Å². The SMILES string of the molecule is CCNCc1cncc(N2CCOCC2CC)n1. The first-order chi connectivity index (χ1) is 8.85. The topological polar surface area (TPSA) is 50.3 Å². The highest BCUT2D eigenvalue weighted by molar-refractivity contribution is 5.38. The van der Waals surface area contributed by atoms with E-state index in [0.717, 1.165) is 50.8 Å². The van der Waals surface area contributed by atoms with E-state index in [9.17, 15) is 0 Å². The lowest BCUT2D eigenvalue weighted by molar-refractivity contribution is 0.0925. The van der Waals surface area contributed by atoms with E-state index in [1.165, 1.54) is 0 Å². The predicted octanol–water partition coefficient (Wildman–Crippen LogP) is 1.20. The van der Waals surface area contributed by atoms with Gasteiger partial charge >= 0.3 is 0 Å². The Morgan fingerprint density at radius 3 is 3.11 bits per heavy atom. The molecular formula is C13H22N4O. The van der Waals surface area contributed by atoms with E-state index in [4.69, 9.17) is 4.74 Å². The van der Waals surface area contributed by atoms with Crippen LogP contribution in [0.15, 0.2) is 12.4 Å². The summed E-state index contributed by atoms with van der Waals surface area (Å²) in [6.07, 6.45) is 4.75. The maximum absolute atomic E-state index is 5.52. The van der Waals surface area contributed by atoms with Crippen molar-refractivity contribution in [1.29, 1.82) is 0 Å². The third-order valence-corrected chi connectivity index (χ3v) is 3.22. The molecule has 2 heterocycles. The largest absolute Gasteiger partial charge is 0.377 e. The molecule has 1 aromatic heterocycles. The first-order valence-corrected chi connectivity index (χ1v) is 6.71. The van der Waals surface area contributed by atoms with Gasteiger partial charge in [0.1, 0.15) is 5.82 Å². The van der Waals surface area contributed by atoms with E-state index in [1.807, 2.05) is 12.4 Å². The molecule has 1 atom stereocenters. The monoisotopic (exact) mass is 250 g/mol. The van der Waals surface area contributed by atoms with Crippen molar-refractivity contribution in [3.05, 3.63) is 18.1 Å². The summed E-state index contributed by atoms with van der Waals surface area (Å²) in [7, 11) is 0. The fourth-order valence-electron chi connectivity index (χ4n) is 2.17. The van der Waals surface area contributed by atoms with Crippen LogP contribution in [0.4, 0.5) is 5.82 Å². The number of ether oxygens (including phenoxy) is 1. The first kappa shape index (κ1) is 13.2. The number of rotatable bonds is 5. The average Bonchev–Trinajstić information content (AvgIpc) is 2.45. The lowest BCUT2D eigenvalue weighted by atomic mass is 10.2. The molecule has 0 spiro atoms. The lowest BCUT2D eigenvalue weighted by Gasteiger charge is -2.35. The molecule has 0 aliphatic carbocycles. The van der Waals surface area contributed by atoms with Crippen molar-refractivity contribution in [3.63, 3.8) is 0 Å². The highest BCUT2D eigenvalue weighted by atomic mass is 16.5. The molecule has 100 valence electrons. The van der Waals surface area contributed by atoms with Crippen molar-refractivity contribution in [2.45, 2.75) is 32.9 Å². The van der Waals surface area contributed by atoms with Crippen LogP contribution < -0.4 is 10.2 Å². The molecule has 5 heteroatoms. The summed E-state index contributed by atoms with van der Waals surface area (Å²) in [6, 6.07) is 0.419. The van der Waals surface area contributed by atoms with E-state index in [-0.39, 0.29) is 0 Å². The first-order valence-electron chi connectivity index (χ1n) is 6.71.